The normalized spacial score (nSPS) is 14.4. The molecule has 1 fully saturated rings. The zero-order valence-corrected chi connectivity index (χ0v) is 18.2. The SMILES string of the molecule is CC(C)CC(=O)N1CCN(c2ccc(NC(=O)/C=C/c3ccccc3)cc2Cl)CC1. The summed E-state index contributed by atoms with van der Waals surface area (Å²) in [5.41, 5.74) is 2.54. The van der Waals surface area contributed by atoms with Gasteiger partial charge in [-0.2, -0.15) is 0 Å². The molecule has 3 rings (SSSR count). The summed E-state index contributed by atoms with van der Waals surface area (Å²) < 4.78 is 0. The lowest BCUT2D eigenvalue weighted by molar-refractivity contribution is -0.132. The van der Waals surface area contributed by atoms with Crippen molar-refractivity contribution in [2.75, 3.05) is 36.4 Å². The van der Waals surface area contributed by atoms with Gasteiger partial charge in [0.2, 0.25) is 11.8 Å². The molecule has 30 heavy (non-hydrogen) atoms. The number of halogens is 1. The number of hydrogen-bond donors (Lipinski definition) is 1. The van der Waals surface area contributed by atoms with Gasteiger partial charge in [-0.15, -0.1) is 0 Å². The van der Waals surface area contributed by atoms with E-state index in [1.807, 2.05) is 47.4 Å². The monoisotopic (exact) mass is 425 g/mol. The van der Waals surface area contributed by atoms with Gasteiger partial charge in [0.1, 0.15) is 0 Å². The Morgan fingerprint density at radius 2 is 1.77 bits per heavy atom. The number of benzene rings is 2. The zero-order valence-electron chi connectivity index (χ0n) is 17.5. The molecule has 0 spiro atoms. The van der Waals surface area contributed by atoms with Gasteiger partial charge in [0.15, 0.2) is 0 Å². The van der Waals surface area contributed by atoms with E-state index in [-0.39, 0.29) is 11.8 Å². The molecular formula is C24H28ClN3O2. The Hall–Kier alpha value is -2.79. The molecule has 6 heteroatoms. The van der Waals surface area contributed by atoms with E-state index >= 15 is 0 Å². The number of nitrogens with one attached hydrogen (secondary N) is 1. The van der Waals surface area contributed by atoms with E-state index in [0.29, 0.717) is 36.1 Å². The second-order valence-corrected chi connectivity index (χ2v) is 8.27. The van der Waals surface area contributed by atoms with Gasteiger partial charge in [-0.05, 0) is 35.8 Å². The third-order valence-corrected chi connectivity index (χ3v) is 5.30. The molecular weight excluding hydrogens is 398 g/mol. The molecule has 2 amide bonds. The molecule has 0 radical (unpaired) electrons. The first-order valence-corrected chi connectivity index (χ1v) is 10.7. The number of amides is 2. The highest BCUT2D eigenvalue weighted by molar-refractivity contribution is 6.33. The number of rotatable bonds is 6. The number of piperazine rings is 1. The molecule has 2 aromatic rings. The highest BCUT2D eigenvalue weighted by Gasteiger charge is 2.22. The predicted molar refractivity (Wildman–Crippen MR) is 124 cm³/mol. The van der Waals surface area contributed by atoms with E-state index in [0.717, 1.165) is 24.3 Å². The Kier molecular flexibility index (Phi) is 7.52. The van der Waals surface area contributed by atoms with E-state index in [2.05, 4.69) is 24.1 Å². The summed E-state index contributed by atoms with van der Waals surface area (Å²) in [4.78, 5) is 28.5. The summed E-state index contributed by atoms with van der Waals surface area (Å²) in [5, 5.41) is 3.43. The third-order valence-electron chi connectivity index (χ3n) is 5.00. The minimum Gasteiger partial charge on any atom is -0.367 e. The average Bonchev–Trinajstić information content (AvgIpc) is 2.73. The number of anilines is 2. The van der Waals surface area contributed by atoms with Crippen molar-refractivity contribution in [3.8, 4) is 0 Å². The van der Waals surface area contributed by atoms with E-state index in [9.17, 15) is 9.59 Å². The summed E-state index contributed by atoms with van der Waals surface area (Å²) >= 11 is 6.50. The fraction of sp³-hybridized carbons (Fsp3) is 0.333. The molecule has 0 bridgehead atoms. The third kappa shape index (κ3) is 6.10. The van der Waals surface area contributed by atoms with Crippen LogP contribution >= 0.6 is 11.6 Å². The van der Waals surface area contributed by atoms with Gasteiger partial charge in [0.25, 0.3) is 0 Å². The van der Waals surface area contributed by atoms with Crippen molar-refractivity contribution in [3.63, 3.8) is 0 Å². The van der Waals surface area contributed by atoms with Crippen molar-refractivity contribution in [2.24, 2.45) is 5.92 Å². The Labute approximate surface area is 183 Å². The fourth-order valence-corrected chi connectivity index (χ4v) is 3.74. The predicted octanol–water partition coefficient (Wildman–Crippen LogP) is 4.69. The lowest BCUT2D eigenvalue weighted by Gasteiger charge is -2.36. The molecule has 0 aliphatic carbocycles. The second-order valence-electron chi connectivity index (χ2n) is 7.87. The van der Waals surface area contributed by atoms with E-state index in [4.69, 9.17) is 11.6 Å². The first-order valence-electron chi connectivity index (χ1n) is 10.3. The molecule has 1 saturated heterocycles. The van der Waals surface area contributed by atoms with Crippen LogP contribution in [0.4, 0.5) is 11.4 Å². The van der Waals surface area contributed by atoms with Crippen LogP contribution in [0.15, 0.2) is 54.6 Å². The van der Waals surface area contributed by atoms with Gasteiger partial charge in [0.05, 0.1) is 10.7 Å². The maximum atomic E-state index is 12.2. The van der Waals surface area contributed by atoms with Crippen molar-refractivity contribution >= 4 is 40.9 Å². The highest BCUT2D eigenvalue weighted by atomic mass is 35.5. The Balaban J connectivity index is 1.56. The maximum Gasteiger partial charge on any atom is 0.248 e. The molecule has 158 valence electrons. The Bertz CT molecular complexity index is 904. The molecule has 1 aliphatic heterocycles. The minimum atomic E-state index is -0.208. The van der Waals surface area contributed by atoms with Gasteiger partial charge < -0.3 is 15.1 Å². The summed E-state index contributed by atoms with van der Waals surface area (Å²) in [6.45, 7) is 7.01. The van der Waals surface area contributed by atoms with Crippen LogP contribution in [0, 0.1) is 5.92 Å². The molecule has 2 aromatic carbocycles. The second kappa shape index (κ2) is 10.3. The topological polar surface area (TPSA) is 52.7 Å². The van der Waals surface area contributed by atoms with Gasteiger partial charge in [-0.3, -0.25) is 9.59 Å². The van der Waals surface area contributed by atoms with Crippen LogP contribution < -0.4 is 10.2 Å². The number of carbonyl (C=O) groups is 2. The van der Waals surface area contributed by atoms with E-state index in [1.165, 1.54) is 6.08 Å². The molecule has 0 unspecified atom stereocenters. The van der Waals surface area contributed by atoms with E-state index in [1.54, 1.807) is 12.1 Å². The number of nitrogens with zero attached hydrogens (tertiary/aromatic N) is 2. The first-order chi connectivity index (χ1) is 14.4. The lowest BCUT2D eigenvalue weighted by Crippen LogP contribution is -2.49. The van der Waals surface area contributed by atoms with Gasteiger partial charge >= 0.3 is 0 Å². The smallest absolute Gasteiger partial charge is 0.248 e. The molecule has 1 N–H and O–H groups in total. The quantitative estimate of drug-likeness (QED) is 0.683. The standard InChI is InChI=1S/C24H28ClN3O2/c1-18(2)16-24(30)28-14-12-27(13-15-28)22-10-9-20(17-21(22)25)26-23(29)11-8-19-6-4-3-5-7-19/h3-11,17-18H,12-16H2,1-2H3,(H,26,29)/b11-8+. The van der Waals surface area contributed by atoms with Crippen LogP contribution in [0.25, 0.3) is 6.08 Å². The van der Waals surface area contributed by atoms with E-state index < -0.39 is 0 Å². The van der Waals surface area contributed by atoms with Crippen LogP contribution in [0.2, 0.25) is 5.02 Å². The van der Waals surface area contributed by atoms with Crippen LogP contribution in [0.1, 0.15) is 25.8 Å². The Morgan fingerprint density at radius 1 is 1.07 bits per heavy atom. The zero-order chi connectivity index (χ0) is 21.5. The van der Waals surface area contributed by atoms with Crippen molar-refractivity contribution in [2.45, 2.75) is 20.3 Å². The largest absolute Gasteiger partial charge is 0.367 e. The van der Waals surface area contributed by atoms with Crippen molar-refractivity contribution in [1.82, 2.24) is 4.90 Å². The van der Waals surface area contributed by atoms with Crippen molar-refractivity contribution < 1.29 is 9.59 Å². The van der Waals surface area contributed by atoms with Gasteiger partial charge in [-0.25, -0.2) is 0 Å². The summed E-state index contributed by atoms with van der Waals surface area (Å²) in [6.07, 6.45) is 3.86. The molecule has 0 aromatic heterocycles. The summed E-state index contributed by atoms with van der Waals surface area (Å²) in [6, 6.07) is 15.2. The highest BCUT2D eigenvalue weighted by Crippen LogP contribution is 2.30. The van der Waals surface area contributed by atoms with Crippen LogP contribution in [-0.2, 0) is 9.59 Å². The molecule has 1 aliphatic rings. The molecule has 0 saturated carbocycles. The fourth-order valence-electron chi connectivity index (χ4n) is 3.44. The minimum absolute atomic E-state index is 0.208. The molecule has 5 nitrogen and oxygen atoms in total. The summed E-state index contributed by atoms with van der Waals surface area (Å²) in [5.74, 6) is 0.382. The molecule has 1 heterocycles. The average molecular weight is 426 g/mol. The van der Waals surface area contributed by atoms with Gasteiger partial charge in [-0.1, -0.05) is 55.8 Å². The number of hydrogen-bond acceptors (Lipinski definition) is 3. The first kappa shape index (κ1) is 21.9. The van der Waals surface area contributed by atoms with Gasteiger partial charge in [0, 0.05) is 44.4 Å². The number of carbonyl (C=O) groups excluding carboxylic acids is 2. The molecule has 0 atom stereocenters. The maximum absolute atomic E-state index is 12.2. The lowest BCUT2D eigenvalue weighted by atomic mass is 10.1. The summed E-state index contributed by atoms with van der Waals surface area (Å²) in [7, 11) is 0. The van der Waals surface area contributed by atoms with Crippen LogP contribution in [0.5, 0.6) is 0 Å². The Morgan fingerprint density at radius 3 is 2.40 bits per heavy atom. The van der Waals surface area contributed by atoms with Crippen molar-refractivity contribution in [1.29, 1.82) is 0 Å². The van der Waals surface area contributed by atoms with Crippen LogP contribution in [-0.4, -0.2) is 42.9 Å². The van der Waals surface area contributed by atoms with Crippen LogP contribution in [0.3, 0.4) is 0 Å². The van der Waals surface area contributed by atoms with Crippen molar-refractivity contribution in [3.05, 3.63) is 65.2 Å².